The molecular weight excluding hydrogens is 333 g/mol. The first-order chi connectivity index (χ1) is 11.9. The molecule has 0 saturated heterocycles. The Labute approximate surface area is 142 Å². The second kappa shape index (κ2) is 6.51. The maximum atomic E-state index is 12.9. The van der Waals surface area contributed by atoms with E-state index in [1.54, 1.807) is 31.4 Å². The van der Waals surface area contributed by atoms with Gasteiger partial charge in [-0.2, -0.15) is 13.2 Å². The summed E-state index contributed by atoms with van der Waals surface area (Å²) in [6.45, 7) is 0. The molecule has 4 nitrogen and oxygen atoms in total. The number of methoxy groups -OCH3 is 2. The van der Waals surface area contributed by atoms with Crippen molar-refractivity contribution < 1.29 is 22.6 Å². The Morgan fingerprint density at radius 3 is 2.40 bits per heavy atom. The third-order valence-electron chi connectivity index (χ3n) is 3.75. The van der Waals surface area contributed by atoms with Crippen LogP contribution in [0.15, 0.2) is 48.7 Å². The molecule has 1 heterocycles. The number of hydrogen-bond acceptors (Lipinski definition) is 4. The van der Waals surface area contributed by atoms with Crippen LogP contribution in [-0.4, -0.2) is 19.2 Å². The van der Waals surface area contributed by atoms with Gasteiger partial charge in [0.2, 0.25) is 0 Å². The van der Waals surface area contributed by atoms with Crippen molar-refractivity contribution in [2.75, 3.05) is 19.5 Å². The van der Waals surface area contributed by atoms with E-state index < -0.39 is 11.7 Å². The number of nitrogens with zero attached hydrogens (tertiary/aromatic N) is 1. The number of pyridine rings is 1. The molecule has 0 atom stereocenters. The Morgan fingerprint density at radius 2 is 1.72 bits per heavy atom. The standard InChI is InChI=1S/C18H15F3N2O2/c1-24-12-4-6-15(17(10-12)25-2)23-14-7-8-22-16-9-11(18(19,20)21)3-5-13(14)16/h3-10H,1-2H3,(H,22,23). The number of hydrogen-bond donors (Lipinski definition) is 1. The number of rotatable bonds is 4. The second-order valence-corrected chi connectivity index (χ2v) is 5.28. The fourth-order valence-corrected chi connectivity index (χ4v) is 2.48. The molecule has 1 N–H and O–H groups in total. The molecule has 0 fully saturated rings. The molecule has 0 amide bonds. The summed E-state index contributed by atoms with van der Waals surface area (Å²) in [6, 6.07) is 10.4. The van der Waals surface area contributed by atoms with Gasteiger partial charge in [-0.05, 0) is 30.3 Å². The molecule has 0 radical (unpaired) electrons. The van der Waals surface area contributed by atoms with E-state index in [0.29, 0.717) is 28.3 Å². The maximum Gasteiger partial charge on any atom is 0.416 e. The van der Waals surface area contributed by atoms with Gasteiger partial charge in [0, 0.05) is 23.3 Å². The number of fused-ring (bicyclic) bond motifs is 1. The van der Waals surface area contributed by atoms with Crippen LogP contribution in [0.4, 0.5) is 24.5 Å². The summed E-state index contributed by atoms with van der Waals surface area (Å²) in [7, 11) is 3.08. The fourth-order valence-electron chi connectivity index (χ4n) is 2.48. The molecule has 3 aromatic rings. The van der Waals surface area contributed by atoms with Gasteiger partial charge in [-0.25, -0.2) is 0 Å². The summed E-state index contributed by atoms with van der Waals surface area (Å²) in [4.78, 5) is 4.04. The molecule has 0 saturated carbocycles. The highest BCUT2D eigenvalue weighted by atomic mass is 19.4. The number of aromatic nitrogens is 1. The number of alkyl halides is 3. The SMILES string of the molecule is COc1ccc(Nc2ccnc3cc(C(F)(F)F)ccc23)c(OC)c1. The first kappa shape index (κ1) is 16.9. The highest BCUT2D eigenvalue weighted by Gasteiger charge is 2.30. The van der Waals surface area contributed by atoms with Gasteiger partial charge in [0.1, 0.15) is 11.5 Å². The summed E-state index contributed by atoms with van der Waals surface area (Å²) in [5.41, 5.74) is 0.817. The molecule has 130 valence electrons. The molecule has 0 spiro atoms. The zero-order chi connectivity index (χ0) is 18.0. The van der Waals surface area contributed by atoms with Crippen molar-refractivity contribution in [2.24, 2.45) is 0 Å². The lowest BCUT2D eigenvalue weighted by molar-refractivity contribution is -0.137. The Morgan fingerprint density at radius 1 is 0.920 bits per heavy atom. The third-order valence-corrected chi connectivity index (χ3v) is 3.75. The average Bonchev–Trinajstić information content (AvgIpc) is 2.61. The fraction of sp³-hybridized carbons (Fsp3) is 0.167. The summed E-state index contributed by atoms with van der Waals surface area (Å²) < 4.78 is 49.1. The molecule has 3 rings (SSSR count). The quantitative estimate of drug-likeness (QED) is 0.719. The molecule has 0 aliphatic carbocycles. The normalized spacial score (nSPS) is 11.4. The molecular formula is C18H15F3N2O2. The van der Waals surface area contributed by atoms with Gasteiger partial charge < -0.3 is 14.8 Å². The van der Waals surface area contributed by atoms with Crippen molar-refractivity contribution in [3.63, 3.8) is 0 Å². The molecule has 0 aliphatic heterocycles. The van der Waals surface area contributed by atoms with Crippen molar-refractivity contribution in [3.05, 3.63) is 54.2 Å². The Balaban J connectivity index is 2.02. The zero-order valence-corrected chi connectivity index (χ0v) is 13.5. The van der Waals surface area contributed by atoms with E-state index in [2.05, 4.69) is 10.3 Å². The van der Waals surface area contributed by atoms with Gasteiger partial charge in [-0.3, -0.25) is 4.98 Å². The van der Waals surface area contributed by atoms with Gasteiger partial charge in [-0.15, -0.1) is 0 Å². The van der Waals surface area contributed by atoms with Gasteiger partial charge in [-0.1, -0.05) is 6.07 Å². The zero-order valence-electron chi connectivity index (χ0n) is 13.5. The largest absolute Gasteiger partial charge is 0.497 e. The first-order valence-corrected chi connectivity index (χ1v) is 7.37. The van der Waals surface area contributed by atoms with Crippen molar-refractivity contribution >= 4 is 22.3 Å². The number of anilines is 2. The minimum absolute atomic E-state index is 0.257. The lowest BCUT2D eigenvalue weighted by Crippen LogP contribution is -2.05. The van der Waals surface area contributed by atoms with Crippen LogP contribution in [0.1, 0.15) is 5.56 Å². The second-order valence-electron chi connectivity index (χ2n) is 5.28. The smallest absolute Gasteiger partial charge is 0.416 e. The predicted octanol–water partition coefficient (Wildman–Crippen LogP) is 5.01. The summed E-state index contributed by atoms with van der Waals surface area (Å²) in [6.07, 6.45) is -2.95. The van der Waals surface area contributed by atoms with Crippen LogP contribution in [0.2, 0.25) is 0 Å². The molecule has 25 heavy (non-hydrogen) atoms. The van der Waals surface area contributed by atoms with E-state index in [-0.39, 0.29) is 5.52 Å². The third kappa shape index (κ3) is 3.45. The van der Waals surface area contributed by atoms with Crippen LogP contribution < -0.4 is 14.8 Å². The molecule has 0 aliphatic rings. The minimum atomic E-state index is -4.40. The number of benzene rings is 2. The van der Waals surface area contributed by atoms with Crippen molar-refractivity contribution in [1.82, 2.24) is 4.98 Å². The Hall–Kier alpha value is -2.96. The van der Waals surface area contributed by atoms with E-state index in [1.807, 2.05) is 0 Å². The number of ether oxygens (including phenoxy) is 2. The Kier molecular flexibility index (Phi) is 4.39. The van der Waals surface area contributed by atoms with Crippen molar-refractivity contribution in [3.8, 4) is 11.5 Å². The molecule has 2 aromatic carbocycles. The highest BCUT2D eigenvalue weighted by molar-refractivity contribution is 5.93. The lowest BCUT2D eigenvalue weighted by atomic mass is 10.1. The number of halogens is 3. The monoisotopic (exact) mass is 348 g/mol. The molecule has 1 aromatic heterocycles. The predicted molar refractivity (Wildman–Crippen MR) is 89.6 cm³/mol. The highest BCUT2D eigenvalue weighted by Crippen LogP contribution is 2.35. The van der Waals surface area contributed by atoms with Crippen molar-refractivity contribution in [2.45, 2.75) is 6.18 Å². The molecule has 0 bridgehead atoms. The van der Waals surface area contributed by atoms with Crippen molar-refractivity contribution in [1.29, 1.82) is 0 Å². The average molecular weight is 348 g/mol. The van der Waals surface area contributed by atoms with E-state index >= 15 is 0 Å². The van der Waals surface area contributed by atoms with Gasteiger partial charge in [0.25, 0.3) is 0 Å². The van der Waals surface area contributed by atoms with Crippen LogP contribution in [0, 0.1) is 0 Å². The van der Waals surface area contributed by atoms with Crippen LogP contribution in [0.3, 0.4) is 0 Å². The van der Waals surface area contributed by atoms with Gasteiger partial charge >= 0.3 is 6.18 Å². The maximum absolute atomic E-state index is 12.9. The summed E-state index contributed by atoms with van der Waals surface area (Å²) >= 11 is 0. The topological polar surface area (TPSA) is 43.4 Å². The van der Waals surface area contributed by atoms with E-state index in [9.17, 15) is 13.2 Å². The van der Waals surface area contributed by atoms with Crippen LogP contribution in [-0.2, 0) is 6.18 Å². The summed E-state index contributed by atoms with van der Waals surface area (Å²) in [5, 5.41) is 3.75. The van der Waals surface area contributed by atoms with Crippen LogP contribution in [0.5, 0.6) is 11.5 Å². The van der Waals surface area contributed by atoms with E-state index in [4.69, 9.17) is 9.47 Å². The van der Waals surface area contributed by atoms with E-state index in [1.165, 1.54) is 19.4 Å². The summed E-state index contributed by atoms with van der Waals surface area (Å²) in [5.74, 6) is 1.19. The first-order valence-electron chi connectivity index (χ1n) is 7.37. The lowest BCUT2D eigenvalue weighted by Gasteiger charge is -2.14. The Bertz CT molecular complexity index is 910. The van der Waals surface area contributed by atoms with Crippen LogP contribution >= 0.6 is 0 Å². The number of nitrogens with one attached hydrogen (secondary N) is 1. The molecule has 0 unspecified atom stereocenters. The van der Waals surface area contributed by atoms with Gasteiger partial charge in [0.15, 0.2) is 0 Å². The van der Waals surface area contributed by atoms with Crippen LogP contribution in [0.25, 0.3) is 10.9 Å². The van der Waals surface area contributed by atoms with E-state index in [0.717, 1.165) is 12.1 Å². The minimum Gasteiger partial charge on any atom is -0.497 e. The molecule has 7 heteroatoms. The van der Waals surface area contributed by atoms with Gasteiger partial charge in [0.05, 0.1) is 31.0 Å².